The molecule has 0 bridgehead atoms. The maximum Gasteiger partial charge on any atom is 0.265 e. The maximum absolute atomic E-state index is 12.0. The summed E-state index contributed by atoms with van der Waals surface area (Å²) in [4.78, 5) is 13.7. The van der Waals surface area contributed by atoms with Gasteiger partial charge in [-0.15, -0.1) is 0 Å². The van der Waals surface area contributed by atoms with E-state index in [0.29, 0.717) is 31.0 Å². The minimum absolute atomic E-state index is 0.00397. The van der Waals surface area contributed by atoms with Crippen LogP contribution in [0.2, 0.25) is 0 Å². The van der Waals surface area contributed by atoms with E-state index in [2.05, 4.69) is 0 Å². The van der Waals surface area contributed by atoms with E-state index in [0.717, 1.165) is 5.75 Å². The number of ether oxygens (including phenoxy) is 2. The minimum Gasteiger partial charge on any atom is -0.508 e. The Balaban J connectivity index is 1.59. The van der Waals surface area contributed by atoms with Crippen LogP contribution in [0.4, 0.5) is 5.69 Å². The van der Waals surface area contributed by atoms with E-state index >= 15 is 0 Å². The molecule has 0 radical (unpaired) electrons. The van der Waals surface area contributed by atoms with Gasteiger partial charge in [0.15, 0.2) is 6.61 Å². The second-order valence-corrected chi connectivity index (χ2v) is 5.00. The molecule has 0 aliphatic carbocycles. The number of nitrogens with zero attached hydrogens (tertiary/aromatic N) is 1. The fourth-order valence-electron chi connectivity index (χ4n) is 2.37. The van der Waals surface area contributed by atoms with Crippen molar-refractivity contribution >= 4 is 11.6 Å². The summed E-state index contributed by atoms with van der Waals surface area (Å²) in [7, 11) is 0. The number of amides is 1. The van der Waals surface area contributed by atoms with Crippen LogP contribution in [-0.4, -0.2) is 30.8 Å². The van der Waals surface area contributed by atoms with Crippen LogP contribution in [0.15, 0.2) is 48.5 Å². The molecule has 0 spiro atoms. The molecule has 0 saturated carbocycles. The number of benzene rings is 2. The van der Waals surface area contributed by atoms with Crippen LogP contribution in [0.5, 0.6) is 17.2 Å². The first-order valence-corrected chi connectivity index (χ1v) is 7.18. The number of hydrogen-bond acceptors (Lipinski definition) is 4. The second kappa shape index (κ2) is 6.39. The van der Waals surface area contributed by atoms with Gasteiger partial charge in [0.05, 0.1) is 12.3 Å². The Hall–Kier alpha value is -2.69. The summed E-state index contributed by atoms with van der Waals surface area (Å²) in [6.45, 7) is 1.07. The summed E-state index contributed by atoms with van der Waals surface area (Å²) in [6, 6.07) is 14.3. The van der Waals surface area contributed by atoms with Gasteiger partial charge in [0.2, 0.25) is 0 Å². The Morgan fingerprint density at radius 1 is 1.18 bits per heavy atom. The highest BCUT2D eigenvalue weighted by Crippen LogP contribution is 2.34. The highest BCUT2D eigenvalue weighted by atomic mass is 16.5. The van der Waals surface area contributed by atoms with Crippen LogP contribution < -0.4 is 14.4 Å². The quantitative estimate of drug-likeness (QED) is 0.862. The smallest absolute Gasteiger partial charge is 0.265 e. The van der Waals surface area contributed by atoms with Crippen molar-refractivity contribution < 1.29 is 19.4 Å². The monoisotopic (exact) mass is 299 g/mol. The lowest BCUT2D eigenvalue weighted by molar-refractivity contribution is -0.121. The van der Waals surface area contributed by atoms with Crippen molar-refractivity contribution in [2.75, 3.05) is 24.7 Å². The first-order valence-electron chi connectivity index (χ1n) is 7.18. The van der Waals surface area contributed by atoms with Gasteiger partial charge in [0.1, 0.15) is 17.2 Å². The topological polar surface area (TPSA) is 59.0 Å². The van der Waals surface area contributed by atoms with E-state index in [1.54, 1.807) is 17.0 Å². The van der Waals surface area contributed by atoms with Crippen molar-refractivity contribution in [2.24, 2.45) is 0 Å². The Morgan fingerprint density at radius 2 is 2.00 bits per heavy atom. The number of fused-ring (bicyclic) bond motifs is 1. The van der Waals surface area contributed by atoms with Gasteiger partial charge in [-0.1, -0.05) is 18.2 Å². The Morgan fingerprint density at radius 3 is 2.82 bits per heavy atom. The van der Waals surface area contributed by atoms with Crippen molar-refractivity contribution in [3.05, 3.63) is 48.5 Å². The molecule has 2 aromatic rings. The van der Waals surface area contributed by atoms with Gasteiger partial charge < -0.3 is 19.5 Å². The van der Waals surface area contributed by atoms with Crippen molar-refractivity contribution in [3.63, 3.8) is 0 Å². The van der Waals surface area contributed by atoms with Crippen molar-refractivity contribution in [2.45, 2.75) is 6.42 Å². The highest BCUT2D eigenvalue weighted by molar-refractivity contribution is 5.97. The van der Waals surface area contributed by atoms with Gasteiger partial charge in [0, 0.05) is 12.6 Å². The molecule has 2 aromatic carbocycles. The molecular formula is C17H17NO4. The molecule has 1 amide bonds. The molecule has 3 rings (SSSR count). The first kappa shape index (κ1) is 14.3. The summed E-state index contributed by atoms with van der Waals surface area (Å²) in [6.07, 6.45) is 0.709. The number of aromatic hydroxyl groups is 1. The lowest BCUT2D eigenvalue weighted by Crippen LogP contribution is -2.39. The van der Waals surface area contributed by atoms with Crippen LogP contribution in [0.25, 0.3) is 0 Å². The van der Waals surface area contributed by atoms with E-state index < -0.39 is 0 Å². The lowest BCUT2D eigenvalue weighted by Gasteiger charge is -2.29. The Bertz CT molecular complexity index is 657. The third kappa shape index (κ3) is 3.14. The highest BCUT2D eigenvalue weighted by Gasteiger charge is 2.25. The zero-order chi connectivity index (χ0) is 15.4. The van der Waals surface area contributed by atoms with Gasteiger partial charge in [0.25, 0.3) is 5.91 Å². The molecular weight excluding hydrogens is 282 g/mol. The molecule has 0 saturated heterocycles. The van der Waals surface area contributed by atoms with Crippen LogP contribution in [0, 0.1) is 0 Å². The molecule has 0 aromatic heterocycles. The van der Waals surface area contributed by atoms with Crippen LogP contribution >= 0.6 is 0 Å². The summed E-state index contributed by atoms with van der Waals surface area (Å²) in [5, 5.41) is 9.48. The number of carbonyl (C=O) groups excluding carboxylic acids is 1. The fraction of sp³-hybridized carbons (Fsp3) is 0.235. The normalized spacial score (nSPS) is 13.5. The number of phenols is 1. The summed E-state index contributed by atoms with van der Waals surface area (Å²) in [5.74, 6) is 1.39. The minimum atomic E-state index is -0.0853. The van der Waals surface area contributed by atoms with Gasteiger partial charge >= 0.3 is 0 Å². The molecule has 5 nitrogen and oxygen atoms in total. The summed E-state index contributed by atoms with van der Waals surface area (Å²) >= 11 is 0. The van der Waals surface area contributed by atoms with Crippen LogP contribution in [0.3, 0.4) is 0 Å². The average molecular weight is 299 g/mol. The van der Waals surface area contributed by atoms with Crippen molar-refractivity contribution in [1.29, 1.82) is 0 Å². The summed E-state index contributed by atoms with van der Waals surface area (Å²) in [5.41, 5.74) is 0.689. The molecule has 114 valence electrons. The number of rotatable bonds is 5. The Labute approximate surface area is 128 Å². The van der Waals surface area contributed by atoms with Gasteiger partial charge in [-0.05, 0) is 30.7 Å². The van der Waals surface area contributed by atoms with E-state index in [1.165, 1.54) is 6.07 Å². The molecule has 0 atom stereocenters. The lowest BCUT2D eigenvalue weighted by atomic mass is 10.2. The SMILES string of the molecule is O=C1COc2cc(O)ccc2N1CCCOc1ccccc1. The second-order valence-electron chi connectivity index (χ2n) is 5.00. The van der Waals surface area contributed by atoms with E-state index in [1.807, 2.05) is 30.3 Å². The number of hydrogen-bond donors (Lipinski definition) is 1. The van der Waals surface area contributed by atoms with Crippen LogP contribution in [0.1, 0.15) is 6.42 Å². The first-order chi connectivity index (χ1) is 10.7. The van der Waals surface area contributed by atoms with E-state index in [9.17, 15) is 9.90 Å². The third-order valence-electron chi connectivity index (χ3n) is 3.42. The zero-order valence-electron chi connectivity index (χ0n) is 12.1. The zero-order valence-corrected chi connectivity index (χ0v) is 12.1. The molecule has 1 aliphatic heterocycles. The molecule has 0 fully saturated rings. The molecule has 5 heteroatoms. The van der Waals surface area contributed by atoms with Gasteiger partial charge in [-0.25, -0.2) is 0 Å². The largest absolute Gasteiger partial charge is 0.508 e. The van der Waals surface area contributed by atoms with E-state index in [-0.39, 0.29) is 18.3 Å². The molecule has 1 heterocycles. The van der Waals surface area contributed by atoms with Gasteiger partial charge in [-0.3, -0.25) is 4.79 Å². The Kier molecular flexibility index (Phi) is 4.14. The van der Waals surface area contributed by atoms with Crippen LogP contribution in [-0.2, 0) is 4.79 Å². The number of phenolic OH excluding ortho intramolecular Hbond substituents is 1. The number of anilines is 1. The molecule has 22 heavy (non-hydrogen) atoms. The average Bonchev–Trinajstić information content (AvgIpc) is 2.54. The van der Waals surface area contributed by atoms with E-state index in [4.69, 9.17) is 9.47 Å². The summed E-state index contributed by atoms with van der Waals surface area (Å²) < 4.78 is 11.0. The standard InChI is InChI=1S/C17H17NO4/c19-13-7-8-15-16(11-13)22-12-17(20)18(15)9-4-10-21-14-5-2-1-3-6-14/h1-3,5-8,11,19H,4,9-10,12H2. The van der Waals surface area contributed by atoms with Crippen molar-refractivity contribution in [1.82, 2.24) is 0 Å². The fourth-order valence-corrected chi connectivity index (χ4v) is 2.37. The number of carbonyl (C=O) groups is 1. The molecule has 0 unspecified atom stereocenters. The van der Waals surface area contributed by atoms with Crippen molar-refractivity contribution in [3.8, 4) is 17.2 Å². The number of para-hydroxylation sites is 1. The molecule has 1 aliphatic rings. The maximum atomic E-state index is 12.0. The predicted octanol–water partition coefficient (Wildman–Crippen LogP) is 2.59. The molecule has 1 N–H and O–H groups in total. The predicted molar refractivity (Wildman–Crippen MR) is 82.5 cm³/mol. The third-order valence-corrected chi connectivity index (χ3v) is 3.42. The van der Waals surface area contributed by atoms with Gasteiger partial charge in [-0.2, -0.15) is 0 Å².